The highest BCUT2D eigenvalue weighted by Gasteiger charge is 2.00. The van der Waals surface area contributed by atoms with E-state index in [-0.39, 0.29) is 5.75 Å². The van der Waals surface area contributed by atoms with Gasteiger partial charge in [-0.05, 0) is 24.3 Å². The van der Waals surface area contributed by atoms with E-state index in [0.717, 1.165) is 5.69 Å². The van der Waals surface area contributed by atoms with Gasteiger partial charge >= 0.3 is 0 Å². The number of rotatable bonds is 3. The van der Waals surface area contributed by atoms with Crippen molar-refractivity contribution in [2.75, 3.05) is 0 Å². The molecule has 0 aliphatic heterocycles. The van der Waals surface area contributed by atoms with Crippen LogP contribution in [0.15, 0.2) is 34.9 Å². The number of aromatic hydroxyl groups is 1. The third-order valence-corrected chi connectivity index (χ3v) is 1.89. The van der Waals surface area contributed by atoms with Crippen molar-refractivity contribution < 1.29 is 14.3 Å². The van der Waals surface area contributed by atoms with E-state index in [4.69, 9.17) is 14.3 Å². The first-order valence-electron chi connectivity index (χ1n) is 4.57. The van der Waals surface area contributed by atoms with Crippen LogP contribution in [0, 0.1) is 6.92 Å². The minimum Gasteiger partial charge on any atom is -0.508 e. The second-order valence-electron chi connectivity index (χ2n) is 3.14. The molecule has 15 heavy (non-hydrogen) atoms. The number of aryl methyl sites for hydroxylation is 1. The zero-order valence-corrected chi connectivity index (χ0v) is 8.30. The molecular weight excluding hydrogens is 194 g/mol. The molecule has 0 radical (unpaired) electrons. The number of aromatic nitrogens is 1. The highest BCUT2D eigenvalue weighted by Crippen LogP contribution is 2.17. The van der Waals surface area contributed by atoms with Gasteiger partial charge in [0.05, 0.1) is 0 Å². The molecule has 0 saturated heterocycles. The first kappa shape index (κ1) is 9.58. The highest BCUT2D eigenvalue weighted by atomic mass is 16.5. The van der Waals surface area contributed by atoms with Gasteiger partial charge in [-0.25, -0.2) is 4.98 Å². The number of phenols is 1. The molecule has 0 bridgehead atoms. The van der Waals surface area contributed by atoms with Gasteiger partial charge in [0.1, 0.15) is 30.1 Å². The van der Waals surface area contributed by atoms with E-state index in [9.17, 15) is 0 Å². The number of ether oxygens (including phenoxy) is 1. The fourth-order valence-corrected chi connectivity index (χ4v) is 1.17. The molecule has 4 heteroatoms. The van der Waals surface area contributed by atoms with E-state index in [2.05, 4.69) is 4.98 Å². The van der Waals surface area contributed by atoms with Gasteiger partial charge in [0.25, 0.3) is 0 Å². The van der Waals surface area contributed by atoms with E-state index in [1.165, 1.54) is 0 Å². The lowest BCUT2D eigenvalue weighted by molar-refractivity contribution is 0.300. The Morgan fingerprint density at radius 1 is 1.33 bits per heavy atom. The molecule has 2 aromatic rings. The lowest BCUT2D eigenvalue weighted by Gasteiger charge is -2.02. The summed E-state index contributed by atoms with van der Waals surface area (Å²) in [6, 6.07) is 6.54. The maximum absolute atomic E-state index is 9.06. The average molecular weight is 205 g/mol. The number of oxazole rings is 1. The summed E-state index contributed by atoms with van der Waals surface area (Å²) in [6.07, 6.45) is 1.57. The Balaban J connectivity index is 1.96. The maximum atomic E-state index is 9.06. The molecule has 1 N–H and O–H groups in total. The number of benzene rings is 1. The van der Waals surface area contributed by atoms with Crippen molar-refractivity contribution in [2.45, 2.75) is 13.5 Å². The van der Waals surface area contributed by atoms with Crippen molar-refractivity contribution >= 4 is 0 Å². The lowest BCUT2D eigenvalue weighted by atomic mass is 10.3. The van der Waals surface area contributed by atoms with Crippen LogP contribution in [-0.4, -0.2) is 10.1 Å². The third-order valence-electron chi connectivity index (χ3n) is 1.89. The van der Waals surface area contributed by atoms with Crippen LogP contribution in [-0.2, 0) is 6.61 Å². The fourth-order valence-electron chi connectivity index (χ4n) is 1.17. The quantitative estimate of drug-likeness (QED) is 0.835. The largest absolute Gasteiger partial charge is 0.508 e. The highest BCUT2D eigenvalue weighted by molar-refractivity contribution is 5.30. The lowest BCUT2D eigenvalue weighted by Crippen LogP contribution is -1.95. The summed E-state index contributed by atoms with van der Waals surface area (Å²) in [5.41, 5.74) is 0.751. The molecule has 1 heterocycles. The van der Waals surface area contributed by atoms with E-state index in [0.29, 0.717) is 18.2 Å². The van der Waals surface area contributed by atoms with Crippen LogP contribution in [0.3, 0.4) is 0 Å². The Morgan fingerprint density at radius 3 is 2.67 bits per heavy atom. The van der Waals surface area contributed by atoms with Gasteiger partial charge < -0.3 is 14.3 Å². The van der Waals surface area contributed by atoms with Gasteiger partial charge in [-0.2, -0.15) is 0 Å². The molecule has 0 amide bonds. The maximum Gasteiger partial charge on any atom is 0.191 e. The summed E-state index contributed by atoms with van der Waals surface area (Å²) in [4.78, 5) is 4.10. The van der Waals surface area contributed by atoms with Gasteiger partial charge in [-0.15, -0.1) is 0 Å². The molecule has 0 aliphatic rings. The van der Waals surface area contributed by atoms with E-state index in [1.807, 2.05) is 0 Å². The molecule has 0 aliphatic carbocycles. The zero-order valence-electron chi connectivity index (χ0n) is 8.30. The van der Waals surface area contributed by atoms with Crippen molar-refractivity contribution in [3.05, 3.63) is 42.1 Å². The van der Waals surface area contributed by atoms with E-state index in [1.54, 1.807) is 37.5 Å². The second kappa shape index (κ2) is 4.04. The molecule has 0 unspecified atom stereocenters. The Hall–Kier alpha value is -1.97. The van der Waals surface area contributed by atoms with Crippen molar-refractivity contribution in [1.82, 2.24) is 4.98 Å². The molecule has 0 fully saturated rings. The summed E-state index contributed by atoms with van der Waals surface area (Å²) in [6.45, 7) is 2.15. The van der Waals surface area contributed by atoms with Crippen molar-refractivity contribution in [2.24, 2.45) is 0 Å². The van der Waals surface area contributed by atoms with E-state index < -0.39 is 0 Å². The van der Waals surface area contributed by atoms with Crippen molar-refractivity contribution in [3.8, 4) is 11.5 Å². The van der Waals surface area contributed by atoms with Crippen LogP contribution < -0.4 is 4.74 Å². The first-order valence-corrected chi connectivity index (χ1v) is 4.57. The summed E-state index contributed by atoms with van der Waals surface area (Å²) < 4.78 is 10.5. The molecular formula is C11H11NO3. The van der Waals surface area contributed by atoms with Crippen LogP contribution in [0.5, 0.6) is 11.5 Å². The summed E-state index contributed by atoms with van der Waals surface area (Å²) in [5, 5.41) is 9.06. The Morgan fingerprint density at radius 2 is 2.07 bits per heavy atom. The van der Waals surface area contributed by atoms with Gasteiger partial charge in [0, 0.05) is 6.92 Å². The van der Waals surface area contributed by atoms with Crippen LogP contribution in [0.1, 0.15) is 11.6 Å². The number of hydrogen-bond acceptors (Lipinski definition) is 4. The van der Waals surface area contributed by atoms with Gasteiger partial charge in [-0.3, -0.25) is 0 Å². The Kier molecular flexibility index (Phi) is 2.58. The van der Waals surface area contributed by atoms with Gasteiger partial charge in [-0.1, -0.05) is 0 Å². The standard InChI is InChI=1S/C11H11NO3/c1-8-12-9(6-14-8)7-15-11-4-2-10(13)3-5-11/h2-6,13H,7H2,1H3. The topological polar surface area (TPSA) is 55.5 Å². The fraction of sp³-hybridized carbons (Fsp3) is 0.182. The number of phenolic OH excluding ortho intramolecular Hbond substituents is 1. The number of nitrogens with zero attached hydrogens (tertiary/aromatic N) is 1. The average Bonchev–Trinajstić information content (AvgIpc) is 2.64. The summed E-state index contributed by atoms with van der Waals surface area (Å²) >= 11 is 0. The molecule has 1 aromatic carbocycles. The van der Waals surface area contributed by atoms with Gasteiger partial charge in [0.2, 0.25) is 0 Å². The smallest absolute Gasteiger partial charge is 0.191 e. The SMILES string of the molecule is Cc1nc(COc2ccc(O)cc2)co1. The predicted octanol–water partition coefficient (Wildman–Crippen LogP) is 2.27. The Labute approximate surface area is 87.1 Å². The van der Waals surface area contributed by atoms with Crippen molar-refractivity contribution in [1.29, 1.82) is 0 Å². The minimum atomic E-state index is 0.222. The van der Waals surface area contributed by atoms with Crippen LogP contribution in [0.4, 0.5) is 0 Å². The summed E-state index contributed by atoms with van der Waals surface area (Å²) in [5.74, 6) is 1.53. The molecule has 2 rings (SSSR count). The molecule has 78 valence electrons. The van der Waals surface area contributed by atoms with Crippen LogP contribution >= 0.6 is 0 Å². The van der Waals surface area contributed by atoms with Gasteiger partial charge in [0.15, 0.2) is 5.89 Å². The second-order valence-corrected chi connectivity index (χ2v) is 3.14. The predicted molar refractivity (Wildman–Crippen MR) is 53.7 cm³/mol. The van der Waals surface area contributed by atoms with E-state index >= 15 is 0 Å². The summed E-state index contributed by atoms with van der Waals surface area (Å²) in [7, 11) is 0. The molecule has 1 aromatic heterocycles. The molecule has 4 nitrogen and oxygen atoms in total. The minimum absolute atomic E-state index is 0.222. The van der Waals surface area contributed by atoms with Crippen LogP contribution in [0.2, 0.25) is 0 Å². The third kappa shape index (κ3) is 2.49. The van der Waals surface area contributed by atoms with Crippen LogP contribution in [0.25, 0.3) is 0 Å². The molecule has 0 spiro atoms. The molecule has 0 saturated carbocycles. The zero-order chi connectivity index (χ0) is 10.7. The normalized spacial score (nSPS) is 10.2. The Bertz CT molecular complexity index is 433. The number of hydrogen-bond donors (Lipinski definition) is 1. The monoisotopic (exact) mass is 205 g/mol. The van der Waals surface area contributed by atoms with Crippen molar-refractivity contribution in [3.63, 3.8) is 0 Å². The molecule has 0 atom stereocenters. The first-order chi connectivity index (χ1) is 7.24.